The summed E-state index contributed by atoms with van der Waals surface area (Å²) in [6, 6.07) is 3.74. The highest BCUT2D eigenvalue weighted by Gasteiger charge is 2.07. The summed E-state index contributed by atoms with van der Waals surface area (Å²) in [4.78, 5) is 0. The first-order chi connectivity index (χ1) is 6.76. The monoisotopic (exact) mass is 209 g/mol. The third-order valence-corrected chi connectivity index (χ3v) is 3.11. The normalized spacial score (nSPS) is 10.7. The number of fused-ring (bicyclic) bond motifs is 1. The van der Waals surface area contributed by atoms with Crippen molar-refractivity contribution in [1.82, 2.24) is 0 Å². The molecular formula is C10H11NO2S. The number of methoxy groups -OCH3 is 1. The van der Waals surface area contributed by atoms with E-state index in [2.05, 4.69) is 0 Å². The molecule has 0 radical (unpaired) electrons. The number of nitrogen functional groups attached to an aromatic ring is 1. The molecule has 0 bridgehead atoms. The lowest BCUT2D eigenvalue weighted by Crippen LogP contribution is -1.93. The van der Waals surface area contributed by atoms with Crippen molar-refractivity contribution in [2.75, 3.05) is 12.8 Å². The van der Waals surface area contributed by atoms with Crippen LogP contribution in [0.3, 0.4) is 0 Å². The summed E-state index contributed by atoms with van der Waals surface area (Å²) >= 11 is 1.59. The molecule has 1 aromatic heterocycles. The molecular weight excluding hydrogens is 198 g/mol. The molecule has 0 aliphatic rings. The SMILES string of the molecule is COc1csc2cc(CO)c(N)cc12. The largest absolute Gasteiger partial charge is 0.495 e. The Morgan fingerprint density at radius 1 is 1.50 bits per heavy atom. The summed E-state index contributed by atoms with van der Waals surface area (Å²) in [5, 5.41) is 12.0. The third kappa shape index (κ3) is 1.32. The van der Waals surface area contributed by atoms with E-state index in [-0.39, 0.29) is 6.61 Å². The molecule has 0 amide bonds. The van der Waals surface area contributed by atoms with E-state index in [1.165, 1.54) is 0 Å². The number of ether oxygens (including phenoxy) is 1. The molecule has 0 unspecified atom stereocenters. The summed E-state index contributed by atoms with van der Waals surface area (Å²) in [6.45, 7) is -0.0258. The van der Waals surface area contributed by atoms with Crippen molar-refractivity contribution in [2.45, 2.75) is 6.61 Å². The summed E-state index contributed by atoms with van der Waals surface area (Å²) in [5.74, 6) is 0.834. The van der Waals surface area contributed by atoms with E-state index >= 15 is 0 Å². The lowest BCUT2D eigenvalue weighted by atomic mass is 10.1. The van der Waals surface area contributed by atoms with Gasteiger partial charge < -0.3 is 15.6 Å². The van der Waals surface area contributed by atoms with E-state index in [0.29, 0.717) is 5.69 Å². The van der Waals surface area contributed by atoms with Crippen molar-refractivity contribution in [3.05, 3.63) is 23.1 Å². The predicted molar refractivity (Wildman–Crippen MR) is 58.7 cm³/mol. The van der Waals surface area contributed by atoms with E-state index < -0.39 is 0 Å². The Morgan fingerprint density at radius 3 is 2.93 bits per heavy atom. The zero-order valence-electron chi connectivity index (χ0n) is 7.78. The second-order valence-electron chi connectivity index (χ2n) is 3.01. The second-order valence-corrected chi connectivity index (χ2v) is 3.92. The highest BCUT2D eigenvalue weighted by Crippen LogP contribution is 2.34. The minimum Gasteiger partial charge on any atom is -0.495 e. The van der Waals surface area contributed by atoms with Gasteiger partial charge in [-0.05, 0) is 12.1 Å². The van der Waals surface area contributed by atoms with Crippen LogP contribution in [0.2, 0.25) is 0 Å². The molecule has 0 atom stereocenters. The maximum absolute atomic E-state index is 9.04. The number of anilines is 1. The first kappa shape index (κ1) is 9.30. The molecule has 0 fully saturated rings. The summed E-state index contributed by atoms with van der Waals surface area (Å²) in [6.07, 6.45) is 0. The molecule has 2 rings (SSSR count). The van der Waals surface area contributed by atoms with Gasteiger partial charge in [0.15, 0.2) is 0 Å². The molecule has 1 aromatic carbocycles. The van der Waals surface area contributed by atoms with Crippen LogP contribution in [0.4, 0.5) is 5.69 Å². The van der Waals surface area contributed by atoms with Crippen LogP contribution in [0.1, 0.15) is 5.56 Å². The van der Waals surface area contributed by atoms with E-state index in [9.17, 15) is 0 Å². The van der Waals surface area contributed by atoms with Gasteiger partial charge in [-0.15, -0.1) is 11.3 Å². The van der Waals surface area contributed by atoms with E-state index in [0.717, 1.165) is 21.4 Å². The van der Waals surface area contributed by atoms with Gasteiger partial charge >= 0.3 is 0 Å². The Kier molecular flexibility index (Phi) is 2.31. The van der Waals surface area contributed by atoms with Crippen LogP contribution in [-0.4, -0.2) is 12.2 Å². The number of aliphatic hydroxyl groups excluding tert-OH is 1. The Bertz CT molecular complexity index is 464. The number of thiophene rings is 1. The maximum Gasteiger partial charge on any atom is 0.137 e. The average Bonchev–Trinajstić information content (AvgIpc) is 2.58. The van der Waals surface area contributed by atoms with Crippen molar-refractivity contribution in [1.29, 1.82) is 0 Å². The topological polar surface area (TPSA) is 55.5 Å². The number of rotatable bonds is 2. The molecule has 14 heavy (non-hydrogen) atoms. The van der Waals surface area contributed by atoms with Crippen LogP contribution in [0, 0.1) is 0 Å². The van der Waals surface area contributed by atoms with Crippen molar-refractivity contribution < 1.29 is 9.84 Å². The lowest BCUT2D eigenvalue weighted by Gasteiger charge is -2.03. The van der Waals surface area contributed by atoms with Gasteiger partial charge in [-0.25, -0.2) is 0 Å². The van der Waals surface area contributed by atoms with Gasteiger partial charge in [-0.1, -0.05) is 0 Å². The van der Waals surface area contributed by atoms with Crippen LogP contribution in [0.25, 0.3) is 10.1 Å². The fourth-order valence-electron chi connectivity index (χ4n) is 1.40. The molecule has 3 nitrogen and oxygen atoms in total. The minimum absolute atomic E-state index is 0.0258. The lowest BCUT2D eigenvalue weighted by molar-refractivity contribution is 0.282. The molecule has 0 aliphatic carbocycles. The number of hydrogen-bond donors (Lipinski definition) is 2. The second kappa shape index (κ2) is 3.48. The van der Waals surface area contributed by atoms with E-state index in [1.54, 1.807) is 18.4 Å². The average molecular weight is 209 g/mol. The Hall–Kier alpha value is -1.26. The minimum atomic E-state index is -0.0258. The van der Waals surface area contributed by atoms with Crippen molar-refractivity contribution in [3.63, 3.8) is 0 Å². The Balaban J connectivity index is 2.69. The summed E-state index contributed by atoms with van der Waals surface area (Å²) < 4.78 is 6.27. The van der Waals surface area contributed by atoms with Gasteiger partial charge in [0.05, 0.1) is 13.7 Å². The van der Waals surface area contributed by atoms with Crippen LogP contribution in [-0.2, 0) is 6.61 Å². The predicted octanol–water partition coefficient (Wildman–Crippen LogP) is 1.98. The van der Waals surface area contributed by atoms with Crippen molar-refractivity contribution >= 4 is 27.1 Å². The molecule has 4 heteroatoms. The highest BCUT2D eigenvalue weighted by atomic mass is 32.1. The number of benzene rings is 1. The number of hydrogen-bond acceptors (Lipinski definition) is 4. The summed E-state index contributed by atoms with van der Waals surface area (Å²) in [5.41, 5.74) is 7.14. The maximum atomic E-state index is 9.04. The smallest absolute Gasteiger partial charge is 0.137 e. The third-order valence-electron chi connectivity index (χ3n) is 2.19. The first-order valence-corrected chi connectivity index (χ1v) is 5.08. The van der Waals surface area contributed by atoms with E-state index in [4.69, 9.17) is 15.6 Å². The highest BCUT2D eigenvalue weighted by molar-refractivity contribution is 7.17. The van der Waals surface area contributed by atoms with Crippen molar-refractivity contribution in [2.24, 2.45) is 0 Å². The number of aliphatic hydroxyl groups is 1. The molecule has 0 aliphatic heterocycles. The molecule has 0 spiro atoms. The molecule has 74 valence electrons. The standard InChI is InChI=1S/C10H11NO2S/c1-13-9-5-14-10-2-6(4-12)8(11)3-7(9)10/h2-3,5,12H,4,11H2,1H3. The van der Waals surface area contributed by atoms with Gasteiger partial charge in [0.1, 0.15) is 5.75 Å². The molecule has 0 saturated heterocycles. The van der Waals surface area contributed by atoms with Crippen LogP contribution in [0.15, 0.2) is 17.5 Å². The zero-order chi connectivity index (χ0) is 10.1. The van der Waals surface area contributed by atoms with Gasteiger partial charge in [-0.2, -0.15) is 0 Å². The van der Waals surface area contributed by atoms with E-state index in [1.807, 2.05) is 17.5 Å². The van der Waals surface area contributed by atoms with Gasteiger partial charge in [-0.3, -0.25) is 0 Å². The van der Waals surface area contributed by atoms with Gasteiger partial charge in [0.25, 0.3) is 0 Å². The molecule has 3 N–H and O–H groups in total. The van der Waals surface area contributed by atoms with Gasteiger partial charge in [0.2, 0.25) is 0 Å². The fourth-order valence-corrected chi connectivity index (χ4v) is 2.36. The van der Waals surface area contributed by atoms with Crippen molar-refractivity contribution in [3.8, 4) is 5.75 Å². The van der Waals surface area contributed by atoms with Crippen LogP contribution >= 0.6 is 11.3 Å². The molecule has 1 heterocycles. The first-order valence-electron chi connectivity index (χ1n) is 4.20. The Labute approximate surface area is 85.7 Å². The summed E-state index contributed by atoms with van der Waals surface area (Å²) in [7, 11) is 1.64. The van der Waals surface area contributed by atoms with Crippen LogP contribution in [0.5, 0.6) is 5.75 Å². The number of nitrogens with two attached hydrogens (primary N) is 1. The Morgan fingerprint density at radius 2 is 2.29 bits per heavy atom. The molecule has 2 aromatic rings. The quantitative estimate of drug-likeness (QED) is 0.744. The fraction of sp³-hybridized carbons (Fsp3) is 0.200. The zero-order valence-corrected chi connectivity index (χ0v) is 8.60. The van der Waals surface area contributed by atoms with Crippen LogP contribution < -0.4 is 10.5 Å². The van der Waals surface area contributed by atoms with Gasteiger partial charge in [0, 0.05) is 26.7 Å². The molecule has 0 saturated carbocycles.